The van der Waals surface area contributed by atoms with Gasteiger partial charge < -0.3 is 14.2 Å². The molecule has 0 aromatic carbocycles. The molecule has 1 unspecified atom stereocenters. The van der Waals surface area contributed by atoms with Crippen molar-refractivity contribution in [3.05, 3.63) is 122 Å². The number of unbranched alkanes of at least 4 members (excludes halogenated alkanes) is 28. The van der Waals surface area contributed by atoms with Gasteiger partial charge in [0.25, 0.3) is 0 Å². The quantitative estimate of drug-likeness (QED) is 0.0261. The summed E-state index contributed by atoms with van der Waals surface area (Å²) in [7, 11) is 0. The number of carbonyl (C=O) groups excluding carboxylic acids is 3. The number of rotatable bonds is 59. The van der Waals surface area contributed by atoms with Crippen molar-refractivity contribution in [2.45, 2.75) is 309 Å². The normalized spacial score (nSPS) is 12.9. The van der Waals surface area contributed by atoms with Crippen molar-refractivity contribution in [2.75, 3.05) is 13.2 Å². The highest BCUT2D eigenvalue weighted by Gasteiger charge is 2.19. The van der Waals surface area contributed by atoms with E-state index in [9.17, 15) is 14.4 Å². The van der Waals surface area contributed by atoms with Gasteiger partial charge >= 0.3 is 17.9 Å². The minimum Gasteiger partial charge on any atom is -0.462 e. The summed E-state index contributed by atoms with van der Waals surface area (Å²) in [6.07, 6.45) is 92.4. The van der Waals surface area contributed by atoms with Gasteiger partial charge in [0.2, 0.25) is 0 Å². The molecule has 0 aromatic rings. The van der Waals surface area contributed by atoms with Gasteiger partial charge in [-0.2, -0.15) is 0 Å². The van der Waals surface area contributed by atoms with Crippen LogP contribution in [-0.2, 0) is 28.6 Å². The predicted octanol–water partition coefficient (Wildman–Crippen LogP) is 22.8. The summed E-state index contributed by atoms with van der Waals surface area (Å²) in [6.45, 7) is 6.47. The van der Waals surface area contributed by atoms with Crippen molar-refractivity contribution in [2.24, 2.45) is 0 Å². The standard InChI is InChI=1S/C73H122O6/c1-4-7-10-13-16-18-20-22-24-26-28-30-31-32-33-34-35-36-37-38-39-40-41-43-44-46-48-50-52-54-57-60-63-66-72(75)78-69-70(68-77-71(74)65-62-59-56-15-12-9-6-3)79-73(76)67-64-61-58-55-53-51-49-47-45-42-29-27-25-23-21-19-17-14-11-8-5-2/h7,10,16,18,22,24,28,30,32-33,35-36,38-39,41,43,46,48,52,54,70H,4-6,8-9,11-15,17,19-21,23,25-27,29,31,34,37,40,42,44-45,47,49-51,53,55-69H2,1-3H3/b10-7-,18-16-,24-22-,30-28-,33-32-,36-35-,39-38-,43-41-,48-46-,54-52-. The Hall–Kier alpha value is -4.19. The Balaban J connectivity index is 4.22. The Morgan fingerprint density at radius 3 is 0.772 bits per heavy atom. The Morgan fingerprint density at radius 2 is 0.494 bits per heavy atom. The lowest BCUT2D eigenvalue weighted by Crippen LogP contribution is -2.30. The monoisotopic (exact) mass is 1090 g/mol. The summed E-state index contributed by atoms with van der Waals surface area (Å²) in [5.74, 6) is -0.935. The molecular formula is C73H122O6. The maximum Gasteiger partial charge on any atom is 0.306 e. The Bertz CT molecular complexity index is 1640. The molecule has 450 valence electrons. The van der Waals surface area contributed by atoms with Crippen molar-refractivity contribution in [3.63, 3.8) is 0 Å². The zero-order valence-corrected chi connectivity index (χ0v) is 51.6. The van der Waals surface area contributed by atoms with E-state index in [-0.39, 0.29) is 31.1 Å². The van der Waals surface area contributed by atoms with Gasteiger partial charge in [-0.05, 0) is 96.3 Å². The maximum atomic E-state index is 12.9. The largest absolute Gasteiger partial charge is 0.462 e. The van der Waals surface area contributed by atoms with E-state index in [1.54, 1.807) is 0 Å². The molecule has 6 nitrogen and oxygen atoms in total. The van der Waals surface area contributed by atoms with E-state index < -0.39 is 6.10 Å². The average Bonchev–Trinajstić information content (AvgIpc) is 3.45. The molecule has 0 aliphatic rings. The van der Waals surface area contributed by atoms with Crippen molar-refractivity contribution in [3.8, 4) is 0 Å². The molecule has 0 amide bonds. The van der Waals surface area contributed by atoms with Gasteiger partial charge in [-0.15, -0.1) is 0 Å². The predicted molar refractivity (Wildman–Crippen MR) is 343 cm³/mol. The van der Waals surface area contributed by atoms with Crippen LogP contribution >= 0.6 is 0 Å². The third kappa shape index (κ3) is 64.5. The summed E-state index contributed by atoms with van der Waals surface area (Å²) in [4.78, 5) is 38.1. The van der Waals surface area contributed by atoms with Gasteiger partial charge in [-0.25, -0.2) is 0 Å². The van der Waals surface area contributed by atoms with E-state index in [1.165, 1.54) is 141 Å². The second-order valence-electron chi connectivity index (χ2n) is 21.7. The maximum absolute atomic E-state index is 12.9. The van der Waals surface area contributed by atoms with E-state index in [0.717, 1.165) is 122 Å². The Kier molecular flexibility index (Phi) is 62.8. The van der Waals surface area contributed by atoms with Crippen LogP contribution in [0.1, 0.15) is 303 Å². The summed E-state index contributed by atoms with van der Waals surface area (Å²) in [5.41, 5.74) is 0. The first kappa shape index (κ1) is 74.8. The summed E-state index contributed by atoms with van der Waals surface area (Å²) in [5, 5.41) is 0. The van der Waals surface area contributed by atoms with Crippen LogP contribution in [0, 0.1) is 0 Å². The highest BCUT2D eigenvalue weighted by Crippen LogP contribution is 2.17. The molecule has 0 bridgehead atoms. The molecule has 0 fully saturated rings. The molecular weight excluding hydrogens is 973 g/mol. The SMILES string of the molecule is CC/C=C\C/C=C\C/C=C\C/C=C\C/C=C\C/C=C\C/C=C\C/C=C\C/C=C\C/C=C\CCCCC(=O)OCC(COC(=O)CCCCCCCCC)OC(=O)CCCCCCCCCCCCCCCCCCCCCCC. The lowest BCUT2D eigenvalue weighted by molar-refractivity contribution is -0.167. The first-order valence-electron chi connectivity index (χ1n) is 33.0. The van der Waals surface area contributed by atoms with E-state index in [4.69, 9.17) is 14.2 Å². The smallest absolute Gasteiger partial charge is 0.306 e. The van der Waals surface area contributed by atoms with Gasteiger partial charge in [-0.3, -0.25) is 14.4 Å². The van der Waals surface area contributed by atoms with Gasteiger partial charge in [0, 0.05) is 19.3 Å². The van der Waals surface area contributed by atoms with Gasteiger partial charge in [0.1, 0.15) is 13.2 Å². The van der Waals surface area contributed by atoms with E-state index in [0.29, 0.717) is 19.3 Å². The first-order chi connectivity index (χ1) is 39.0. The molecule has 0 aliphatic heterocycles. The molecule has 0 rings (SSSR count). The fourth-order valence-corrected chi connectivity index (χ4v) is 9.06. The van der Waals surface area contributed by atoms with Crippen molar-refractivity contribution < 1.29 is 28.6 Å². The zero-order valence-electron chi connectivity index (χ0n) is 51.6. The van der Waals surface area contributed by atoms with Crippen molar-refractivity contribution >= 4 is 17.9 Å². The van der Waals surface area contributed by atoms with Gasteiger partial charge in [-0.1, -0.05) is 309 Å². The van der Waals surface area contributed by atoms with Crippen LogP contribution in [0.4, 0.5) is 0 Å². The lowest BCUT2D eigenvalue weighted by atomic mass is 10.0. The molecule has 0 spiro atoms. The summed E-state index contributed by atoms with van der Waals surface area (Å²) in [6, 6.07) is 0. The van der Waals surface area contributed by atoms with Crippen LogP contribution in [-0.4, -0.2) is 37.2 Å². The third-order valence-corrected chi connectivity index (χ3v) is 14.0. The van der Waals surface area contributed by atoms with Gasteiger partial charge in [0.05, 0.1) is 0 Å². The van der Waals surface area contributed by atoms with Crippen LogP contribution in [0.15, 0.2) is 122 Å². The highest BCUT2D eigenvalue weighted by molar-refractivity contribution is 5.71. The molecule has 1 atom stereocenters. The van der Waals surface area contributed by atoms with E-state index >= 15 is 0 Å². The highest BCUT2D eigenvalue weighted by atomic mass is 16.6. The topological polar surface area (TPSA) is 78.9 Å². The lowest BCUT2D eigenvalue weighted by Gasteiger charge is -2.18. The Morgan fingerprint density at radius 1 is 0.266 bits per heavy atom. The van der Waals surface area contributed by atoms with Crippen LogP contribution < -0.4 is 0 Å². The molecule has 0 saturated carbocycles. The molecule has 0 saturated heterocycles. The second kappa shape index (κ2) is 66.3. The molecule has 6 heteroatoms. The molecule has 79 heavy (non-hydrogen) atoms. The average molecular weight is 1100 g/mol. The van der Waals surface area contributed by atoms with Crippen LogP contribution in [0.25, 0.3) is 0 Å². The van der Waals surface area contributed by atoms with Crippen molar-refractivity contribution in [1.29, 1.82) is 0 Å². The minimum atomic E-state index is -0.794. The summed E-state index contributed by atoms with van der Waals surface area (Å²) < 4.78 is 16.8. The molecule has 0 aliphatic carbocycles. The number of hydrogen-bond donors (Lipinski definition) is 0. The second-order valence-corrected chi connectivity index (χ2v) is 21.7. The van der Waals surface area contributed by atoms with Crippen LogP contribution in [0.2, 0.25) is 0 Å². The molecule has 0 radical (unpaired) electrons. The van der Waals surface area contributed by atoms with Crippen LogP contribution in [0.5, 0.6) is 0 Å². The van der Waals surface area contributed by atoms with E-state index in [1.807, 2.05) is 0 Å². The summed E-state index contributed by atoms with van der Waals surface area (Å²) >= 11 is 0. The molecule has 0 heterocycles. The Labute approximate surface area is 488 Å². The first-order valence-corrected chi connectivity index (χ1v) is 33.0. The number of esters is 3. The van der Waals surface area contributed by atoms with Crippen LogP contribution in [0.3, 0.4) is 0 Å². The molecule has 0 N–H and O–H groups in total. The van der Waals surface area contributed by atoms with Gasteiger partial charge in [0.15, 0.2) is 6.10 Å². The number of carbonyl (C=O) groups is 3. The van der Waals surface area contributed by atoms with E-state index in [2.05, 4.69) is 142 Å². The number of ether oxygens (including phenoxy) is 3. The zero-order chi connectivity index (χ0) is 57.1. The third-order valence-electron chi connectivity index (χ3n) is 14.0. The minimum absolute atomic E-state index is 0.0904. The molecule has 0 aromatic heterocycles. The number of hydrogen-bond acceptors (Lipinski definition) is 6. The fourth-order valence-electron chi connectivity index (χ4n) is 9.06. The number of allylic oxidation sites excluding steroid dienone is 20. The fraction of sp³-hybridized carbons (Fsp3) is 0.685. The van der Waals surface area contributed by atoms with Crippen molar-refractivity contribution in [1.82, 2.24) is 0 Å².